The van der Waals surface area contributed by atoms with Crippen LogP contribution in [0.15, 0.2) is 36.4 Å². The number of aromatic hydroxyl groups is 1. The summed E-state index contributed by atoms with van der Waals surface area (Å²) >= 11 is 0. The van der Waals surface area contributed by atoms with Crippen LogP contribution in [0.1, 0.15) is 17.3 Å². The fourth-order valence-electron chi connectivity index (χ4n) is 1.67. The summed E-state index contributed by atoms with van der Waals surface area (Å²) in [4.78, 5) is 11.7. The number of hydrogen-bond acceptors (Lipinski definition) is 3. The van der Waals surface area contributed by atoms with Gasteiger partial charge in [-0.3, -0.25) is 4.79 Å². The van der Waals surface area contributed by atoms with Crippen LogP contribution in [0.4, 0.5) is 0 Å². The summed E-state index contributed by atoms with van der Waals surface area (Å²) in [6.07, 6.45) is 0. The number of ketones is 1. The maximum atomic E-state index is 11.7. The molecule has 2 rings (SSSR count). The zero-order chi connectivity index (χ0) is 11.7. The van der Waals surface area contributed by atoms with Crippen molar-refractivity contribution < 1.29 is 9.90 Å². The maximum Gasteiger partial charge on any atom is 0.182 e. The first-order chi connectivity index (χ1) is 7.59. The number of nitrogens with two attached hydrogens (primary N) is 1. The van der Waals surface area contributed by atoms with E-state index in [-0.39, 0.29) is 17.1 Å². The van der Waals surface area contributed by atoms with Crippen LogP contribution in [0.3, 0.4) is 0 Å². The molecule has 82 valence electrons. The number of rotatable bonds is 2. The van der Waals surface area contributed by atoms with Crippen molar-refractivity contribution in [3.63, 3.8) is 0 Å². The Morgan fingerprint density at radius 2 is 1.81 bits per heavy atom. The Balaban J connectivity index is 2.63. The fraction of sp³-hybridized carbons (Fsp3) is 0.154. The number of phenols is 1. The molecule has 0 aliphatic rings. The lowest BCUT2D eigenvalue weighted by molar-refractivity contribution is 0.0965. The van der Waals surface area contributed by atoms with Crippen LogP contribution in [-0.2, 0) is 0 Å². The molecule has 0 saturated heterocycles. The van der Waals surface area contributed by atoms with Crippen molar-refractivity contribution in [2.24, 2.45) is 5.73 Å². The van der Waals surface area contributed by atoms with Gasteiger partial charge in [0.2, 0.25) is 0 Å². The van der Waals surface area contributed by atoms with Crippen molar-refractivity contribution in [3.8, 4) is 5.75 Å². The van der Waals surface area contributed by atoms with Gasteiger partial charge in [0.25, 0.3) is 0 Å². The fourth-order valence-corrected chi connectivity index (χ4v) is 1.67. The van der Waals surface area contributed by atoms with E-state index in [0.29, 0.717) is 0 Å². The van der Waals surface area contributed by atoms with Gasteiger partial charge in [-0.05, 0) is 29.8 Å². The third kappa shape index (κ3) is 1.77. The van der Waals surface area contributed by atoms with Crippen LogP contribution in [0.5, 0.6) is 5.75 Å². The summed E-state index contributed by atoms with van der Waals surface area (Å²) in [5, 5.41) is 11.6. The van der Waals surface area contributed by atoms with E-state index in [0.717, 1.165) is 10.8 Å². The predicted molar refractivity (Wildman–Crippen MR) is 63.6 cm³/mol. The van der Waals surface area contributed by atoms with Gasteiger partial charge in [-0.1, -0.05) is 24.3 Å². The van der Waals surface area contributed by atoms with Crippen molar-refractivity contribution in [3.05, 3.63) is 42.0 Å². The van der Waals surface area contributed by atoms with Gasteiger partial charge in [0.15, 0.2) is 5.78 Å². The summed E-state index contributed by atoms with van der Waals surface area (Å²) in [6, 6.07) is 10.2. The minimum absolute atomic E-state index is 0.0130. The molecule has 0 radical (unpaired) electrons. The van der Waals surface area contributed by atoms with E-state index < -0.39 is 6.04 Å². The van der Waals surface area contributed by atoms with Crippen molar-refractivity contribution in [1.82, 2.24) is 0 Å². The van der Waals surface area contributed by atoms with Gasteiger partial charge in [0.05, 0.1) is 11.6 Å². The number of Topliss-reactive ketones (excluding diaryl/α,β-unsaturated/α-hetero) is 1. The van der Waals surface area contributed by atoms with E-state index in [2.05, 4.69) is 0 Å². The van der Waals surface area contributed by atoms with Crippen LogP contribution in [0, 0.1) is 0 Å². The first-order valence-electron chi connectivity index (χ1n) is 5.11. The van der Waals surface area contributed by atoms with Crippen molar-refractivity contribution in [2.75, 3.05) is 0 Å². The Bertz CT molecular complexity index is 547. The molecule has 0 saturated carbocycles. The molecule has 2 aromatic carbocycles. The molecule has 0 heterocycles. The quantitative estimate of drug-likeness (QED) is 0.754. The molecule has 0 bridgehead atoms. The largest absolute Gasteiger partial charge is 0.507 e. The van der Waals surface area contributed by atoms with Crippen LogP contribution in [0.25, 0.3) is 10.8 Å². The Kier molecular flexibility index (Phi) is 2.62. The molecule has 2 aromatic rings. The number of hydrogen-bond donors (Lipinski definition) is 2. The van der Waals surface area contributed by atoms with E-state index in [1.165, 1.54) is 0 Å². The number of benzene rings is 2. The predicted octanol–water partition coefficient (Wildman–Crippen LogP) is 2.08. The molecule has 1 atom stereocenters. The van der Waals surface area contributed by atoms with Gasteiger partial charge < -0.3 is 10.8 Å². The van der Waals surface area contributed by atoms with E-state index in [1.54, 1.807) is 19.1 Å². The van der Waals surface area contributed by atoms with Crippen molar-refractivity contribution in [1.29, 1.82) is 0 Å². The van der Waals surface area contributed by atoms with E-state index in [1.807, 2.05) is 24.3 Å². The first kappa shape index (κ1) is 10.6. The third-order valence-corrected chi connectivity index (χ3v) is 2.54. The summed E-state index contributed by atoms with van der Waals surface area (Å²) in [6.45, 7) is 1.61. The van der Waals surface area contributed by atoms with Gasteiger partial charge in [0, 0.05) is 0 Å². The molecule has 0 aliphatic heterocycles. The third-order valence-electron chi connectivity index (χ3n) is 2.54. The summed E-state index contributed by atoms with van der Waals surface area (Å²) in [5.74, 6) is -0.260. The van der Waals surface area contributed by atoms with Gasteiger partial charge in [-0.25, -0.2) is 0 Å². The molecular formula is C13H13NO2. The Morgan fingerprint density at radius 1 is 1.25 bits per heavy atom. The highest BCUT2D eigenvalue weighted by atomic mass is 16.3. The molecule has 0 amide bonds. The van der Waals surface area contributed by atoms with Gasteiger partial charge in [-0.2, -0.15) is 0 Å². The monoisotopic (exact) mass is 215 g/mol. The molecule has 0 aromatic heterocycles. The Hall–Kier alpha value is -1.87. The van der Waals surface area contributed by atoms with Gasteiger partial charge in [0.1, 0.15) is 5.75 Å². The van der Waals surface area contributed by atoms with Crippen molar-refractivity contribution in [2.45, 2.75) is 13.0 Å². The van der Waals surface area contributed by atoms with Crippen molar-refractivity contribution >= 4 is 16.6 Å². The molecule has 16 heavy (non-hydrogen) atoms. The topological polar surface area (TPSA) is 63.3 Å². The molecule has 3 heteroatoms. The molecule has 0 spiro atoms. The standard InChI is InChI=1S/C13H13NO2/c1-8(14)13(16)11-6-9-4-2-3-5-10(9)7-12(11)15/h2-8,15H,14H2,1H3. The highest BCUT2D eigenvalue weighted by molar-refractivity contribution is 6.05. The molecule has 3 N–H and O–H groups in total. The second-order valence-electron chi connectivity index (χ2n) is 3.87. The second-order valence-corrected chi connectivity index (χ2v) is 3.87. The van der Waals surface area contributed by atoms with E-state index >= 15 is 0 Å². The minimum atomic E-state index is -0.605. The number of carbonyl (C=O) groups is 1. The number of fused-ring (bicyclic) bond motifs is 1. The van der Waals surface area contributed by atoms with Gasteiger partial charge in [-0.15, -0.1) is 0 Å². The van der Waals surface area contributed by atoms with E-state index in [9.17, 15) is 9.90 Å². The summed E-state index contributed by atoms with van der Waals surface area (Å²) in [5.41, 5.74) is 5.81. The van der Waals surface area contributed by atoms with Crippen LogP contribution >= 0.6 is 0 Å². The molecule has 0 fully saturated rings. The first-order valence-corrected chi connectivity index (χ1v) is 5.11. The highest BCUT2D eigenvalue weighted by Crippen LogP contribution is 2.25. The molecule has 1 unspecified atom stereocenters. The minimum Gasteiger partial charge on any atom is -0.507 e. The second kappa shape index (κ2) is 3.94. The van der Waals surface area contributed by atoms with Crippen LogP contribution in [0.2, 0.25) is 0 Å². The molecule has 0 aliphatic carbocycles. The lowest BCUT2D eigenvalue weighted by atomic mass is 10.0. The molecule has 3 nitrogen and oxygen atoms in total. The summed E-state index contributed by atoms with van der Waals surface area (Å²) < 4.78 is 0. The lowest BCUT2D eigenvalue weighted by Crippen LogP contribution is -2.26. The number of carbonyl (C=O) groups excluding carboxylic acids is 1. The van der Waals surface area contributed by atoms with Gasteiger partial charge >= 0.3 is 0 Å². The average molecular weight is 215 g/mol. The zero-order valence-corrected chi connectivity index (χ0v) is 8.97. The molecular weight excluding hydrogens is 202 g/mol. The Morgan fingerprint density at radius 3 is 2.38 bits per heavy atom. The summed E-state index contributed by atoms with van der Waals surface area (Å²) in [7, 11) is 0. The Labute approximate surface area is 93.5 Å². The highest BCUT2D eigenvalue weighted by Gasteiger charge is 2.15. The lowest BCUT2D eigenvalue weighted by Gasteiger charge is -2.08. The normalized spacial score (nSPS) is 12.6. The maximum absolute atomic E-state index is 11.7. The van der Waals surface area contributed by atoms with E-state index in [4.69, 9.17) is 5.73 Å². The smallest absolute Gasteiger partial charge is 0.182 e. The van der Waals surface area contributed by atoms with Crippen LogP contribution in [-0.4, -0.2) is 16.9 Å². The van der Waals surface area contributed by atoms with Crippen LogP contribution < -0.4 is 5.73 Å². The zero-order valence-electron chi connectivity index (χ0n) is 8.97. The SMILES string of the molecule is CC(N)C(=O)c1cc2ccccc2cc1O. The average Bonchev–Trinajstić information content (AvgIpc) is 2.27. The number of phenolic OH excluding ortho intramolecular Hbond substituents is 1.